The molecule has 0 aliphatic carbocycles. The van der Waals surface area contributed by atoms with Gasteiger partial charge in [0, 0.05) is 0 Å². The Balaban J connectivity index is 4.15. The first-order valence-electron chi connectivity index (χ1n) is 5.96. The molecule has 0 aliphatic rings. The van der Waals surface area contributed by atoms with Crippen molar-refractivity contribution < 1.29 is 19.7 Å². The summed E-state index contributed by atoms with van der Waals surface area (Å²) in [5, 5.41) is 9.62. The first kappa shape index (κ1) is 16.4. The summed E-state index contributed by atoms with van der Waals surface area (Å²) in [6, 6.07) is 0. The highest BCUT2D eigenvalue weighted by molar-refractivity contribution is 5.74. The predicted octanol–water partition coefficient (Wildman–Crippen LogP) is 2.84. The van der Waals surface area contributed by atoms with Crippen molar-refractivity contribution in [2.24, 2.45) is 5.41 Å². The molecule has 0 atom stereocenters. The van der Waals surface area contributed by atoms with Crippen molar-refractivity contribution in [2.75, 3.05) is 0 Å². The fraction of sp³-hybridized carbons (Fsp3) is 0.923. The lowest BCUT2D eigenvalue weighted by atomic mass is 9.94. The highest BCUT2D eigenvalue weighted by Crippen LogP contribution is 2.24. The first-order valence-corrected chi connectivity index (χ1v) is 5.96. The zero-order valence-corrected chi connectivity index (χ0v) is 12.1. The van der Waals surface area contributed by atoms with Gasteiger partial charge in [0.05, 0.1) is 11.0 Å². The van der Waals surface area contributed by atoms with E-state index in [1.807, 2.05) is 13.8 Å². The van der Waals surface area contributed by atoms with Crippen molar-refractivity contribution >= 4 is 5.97 Å². The molecule has 17 heavy (non-hydrogen) atoms. The van der Waals surface area contributed by atoms with E-state index < -0.39 is 22.6 Å². The van der Waals surface area contributed by atoms with Gasteiger partial charge in [-0.3, -0.25) is 4.89 Å². The maximum absolute atomic E-state index is 11.5. The summed E-state index contributed by atoms with van der Waals surface area (Å²) < 4.78 is 0. The topological polar surface area (TPSA) is 55.8 Å². The standard InChI is InChI=1S/C13H26O4/c1-11(2,3)10(14)16-17-13(6,7)9-8-12(4,5)15/h15H,8-9H2,1-7H3. The van der Waals surface area contributed by atoms with Crippen LogP contribution in [0.15, 0.2) is 0 Å². The molecule has 4 nitrogen and oxygen atoms in total. The van der Waals surface area contributed by atoms with Crippen LogP contribution in [0, 0.1) is 5.41 Å². The van der Waals surface area contributed by atoms with Gasteiger partial charge in [-0.25, -0.2) is 4.79 Å². The van der Waals surface area contributed by atoms with Gasteiger partial charge in [-0.2, -0.15) is 4.89 Å². The van der Waals surface area contributed by atoms with Gasteiger partial charge in [0.1, 0.15) is 5.60 Å². The molecule has 0 bridgehead atoms. The van der Waals surface area contributed by atoms with Crippen LogP contribution in [0.25, 0.3) is 0 Å². The molecule has 102 valence electrons. The maximum atomic E-state index is 11.5. The van der Waals surface area contributed by atoms with Gasteiger partial charge in [0.15, 0.2) is 0 Å². The predicted molar refractivity (Wildman–Crippen MR) is 66.2 cm³/mol. The van der Waals surface area contributed by atoms with Gasteiger partial charge in [0.25, 0.3) is 0 Å². The number of rotatable bonds is 5. The molecule has 0 saturated carbocycles. The minimum absolute atomic E-state index is 0.395. The van der Waals surface area contributed by atoms with Crippen molar-refractivity contribution in [1.29, 1.82) is 0 Å². The molecule has 0 aromatic rings. The fourth-order valence-corrected chi connectivity index (χ4v) is 0.924. The average molecular weight is 246 g/mol. The van der Waals surface area contributed by atoms with Crippen LogP contribution in [0.2, 0.25) is 0 Å². The molecule has 0 amide bonds. The van der Waals surface area contributed by atoms with Crippen molar-refractivity contribution in [3.05, 3.63) is 0 Å². The second-order valence-electron chi connectivity index (χ2n) is 6.78. The molecule has 0 aliphatic heterocycles. The van der Waals surface area contributed by atoms with E-state index in [-0.39, 0.29) is 0 Å². The van der Waals surface area contributed by atoms with E-state index in [2.05, 4.69) is 0 Å². The molecule has 0 heterocycles. The highest BCUT2D eigenvalue weighted by Gasteiger charge is 2.29. The molecule has 0 aromatic carbocycles. The molecule has 0 saturated heterocycles. The van der Waals surface area contributed by atoms with Crippen LogP contribution in [0.3, 0.4) is 0 Å². The number of hydrogen-bond acceptors (Lipinski definition) is 4. The Kier molecular flexibility index (Phi) is 5.16. The second-order valence-corrected chi connectivity index (χ2v) is 6.78. The maximum Gasteiger partial charge on any atom is 0.347 e. The quantitative estimate of drug-likeness (QED) is 0.598. The zero-order valence-electron chi connectivity index (χ0n) is 12.1. The van der Waals surface area contributed by atoms with Gasteiger partial charge in [-0.1, -0.05) is 0 Å². The lowest BCUT2D eigenvalue weighted by molar-refractivity contribution is -0.332. The number of carbonyl (C=O) groups is 1. The SMILES string of the molecule is CC(C)(O)CCC(C)(C)OOC(=O)C(C)(C)C. The third kappa shape index (κ3) is 8.16. The lowest BCUT2D eigenvalue weighted by Gasteiger charge is -2.27. The van der Waals surface area contributed by atoms with Gasteiger partial charge in [-0.15, -0.1) is 0 Å². The number of carbonyl (C=O) groups excluding carboxylic acids is 1. The van der Waals surface area contributed by atoms with Crippen molar-refractivity contribution in [3.63, 3.8) is 0 Å². The largest absolute Gasteiger partial charge is 0.390 e. The average Bonchev–Trinajstić information content (AvgIpc) is 2.09. The van der Waals surface area contributed by atoms with Gasteiger partial charge in [-0.05, 0) is 61.3 Å². The normalized spacial score (nSPS) is 13.6. The second kappa shape index (κ2) is 5.36. The van der Waals surface area contributed by atoms with Gasteiger partial charge >= 0.3 is 5.97 Å². The lowest BCUT2D eigenvalue weighted by Crippen LogP contribution is -2.32. The fourth-order valence-electron chi connectivity index (χ4n) is 0.924. The van der Waals surface area contributed by atoms with Gasteiger partial charge < -0.3 is 5.11 Å². The van der Waals surface area contributed by atoms with E-state index in [9.17, 15) is 9.90 Å². The van der Waals surface area contributed by atoms with Crippen LogP contribution in [0.1, 0.15) is 61.3 Å². The summed E-state index contributed by atoms with van der Waals surface area (Å²) in [4.78, 5) is 21.5. The van der Waals surface area contributed by atoms with Crippen LogP contribution in [0.5, 0.6) is 0 Å². The molecular formula is C13H26O4. The number of hydrogen-bond donors (Lipinski definition) is 1. The number of aliphatic hydroxyl groups is 1. The van der Waals surface area contributed by atoms with Crippen LogP contribution < -0.4 is 0 Å². The van der Waals surface area contributed by atoms with E-state index in [1.54, 1.807) is 34.6 Å². The minimum atomic E-state index is -0.741. The Bertz CT molecular complexity index is 256. The molecule has 0 unspecified atom stereocenters. The molecule has 0 rings (SSSR count). The Morgan fingerprint density at radius 1 is 1.00 bits per heavy atom. The van der Waals surface area contributed by atoms with Crippen LogP contribution in [0.4, 0.5) is 0 Å². The smallest absolute Gasteiger partial charge is 0.347 e. The van der Waals surface area contributed by atoms with Crippen molar-refractivity contribution in [1.82, 2.24) is 0 Å². The molecule has 0 aromatic heterocycles. The van der Waals surface area contributed by atoms with Crippen molar-refractivity contribution in [2.45, 2.75) is 72.5 Å². The Labute approximate surface area is 104 Å². The van der Waals surface area contributed by atoms with E-state index in [0.29, 0.717) is 12.8 Å². The van der Waals surface area contributed by atoms with Gasteiger partial charge in [0.2, 0.25) is 0 Å². The molecule has 0 spiro atoms. The Hall–Kier alpha value is -0.610. The molecule has 1 N–H and O–H groups in total. The summed E-state index contributed by atoms with van der Waals surface area (Å²) in [5.74, 6) is -0.395. The monoisotopic (exact) mass is 246 g/mol. The van der Waals surface area contributed by atoms with E-state index in [0.717, 1.165) is 0 Å². The summed E-state index contributed by atoms with van der Waals surface area (Å²) in [6.45, 7) is 12.4. The Morgan fingerprint density at radius 3 is 1.82 bits per heavy atom. The molecule has 0 fully saturated rings. The van der Waals surface area contributed by atoms with E-state index in [1.165, 1.54) is 0 Å². The van der Waals surface area contributed by atoms with Crippen LogP contribution >= 0.6 is 0 Å². The summed E-state index contributed by atoms with van der Waals surface area (Å²) in [5.41, 5.74) is -1.91. The van der Waals surface area contributed by atoms with E-state index in [4.69, 9.17) is 9.78 Å². The summed E-state index contributed by atoms with van der Waals surface area (Å²) >= 11 is 0. The van der Waals surface area contributed by atoms with E-state index >= 15 is 0 Å². The minimum Gasteiger partial charge on any atom is -0.390 e. The highest BCUT2D eigenvalue weighted by atomic mass is 17.2. The zero-order chi connectivity index (χ0) is 13.9. The Morgan fingerprint density at radius 2 is 1.47 bits per heavy atom. The first-order chi connectivity index (χ1) is 7.33. The summed E-state index contributed by atoms with van der Waals surface area (Å²) in [7, 11) is 0. The molecular weight excluding hydrogens is 220 g/mol. The molecule has 4 heteroatoms. The summed E-state index contributed by atoms with van der Waals surface area (Å²) in [6.07, 6.45) is 1.18. The third-order valence-electron chi connectivity index (χ3n) is 2.29. The third-order valence-corrected chi connectivity index (χ3v) is 2.29. The van der Waals surface area contributed by atoms with Crippen LogP contribution in [-0.2, 0) is 14.6 Å². The molecule has 0 radical (unpaired) electrons. The van der Waals surface area contributed by atoms with Crippen molar-refractivity contribution in [3.8, 4) is 0 Å². The van der Waals surface area contributed by atoms with Crippen LogP contribution in [-0.4, -0.2) is 22.3 Å².